The largest absolute Gasteiger partial charge is 0.453 e. The molecule has 2 N–H and O–H groups in total. The van der Waals surface area contributed by atoms with Gasteiger partial charge in [-0.1, -0.05) is 0 Å². The first-order valence-corrected chi connectivity index (χ1v) is 8.26. The summed E-state index contributed by atoms with van der Waals surface area (Å²) in [5.74, 6) is -0.165. The first-order chi connectivity index (χ1) is 11.6. The number of halogens is 1. The molecule has 7 heteroatoms. The van der Waals surface area contributed by atoms with Crippen molar-refractivity contribution < 1.29 is 14.3 Å². The Morgan fingerprint density at radius 1 is 1.29 bits per heavy atom. The summed E-state index contributed by atoms with van der Waals surface area (Å²) >= 11 is 3.41. The van der Waals surface area contributed by atoms with E-state index in [0.717, 1.165) is 28.6 Å². The molecule has 24 heavy (non-hydrogen) atoms. The second-order valence-corrected chi connectivity index (χ2v) is 6.37. The number of ether oxygens (including phenoxy) is 1. The molecule has 1 heterocycles. The number of nitrogens with zero attached hydrogens (tertiary/aromatic N) is 1. The number of amides is 2. The summed E-state index contributed by atoms with van der Waals surface area (Å²) < 4.78 is 5.47. The highest BCUT2D eigenvalue weighted by Gasteiger charge is 2.25. The van der Waals surface area contributed by atoms with E-state index < -0.39 is 6.09 Å². The van der Waals surface area contributed by atoms with Crippen molar-refractivity contribution in [2.45, 2.75) is 18.9 Å². The number of aryl methyl sites for hydroxylation is 1. The lowest BCUT2D eigenvalue weighted by molar-refractivity contribution is 0.0936. The quantitative estimate of drug-likeness (QED) is 0.842. The SMILES string of the molecule is COC(=O)Nc1ccc(C(=O)NC2CCc3cc(Br)cnc32)cc1. The zero-order valence-electron chi connectivity index (χ0n) is 13.0. The molecule has 1 aromatic heterocycles. The summed E-state index contributed by atoms with van der Waals surface area (Å²) in [4.78, 5) is 28.0. The van der Waals surface area contributed by atoms with Gasteiger partial charge >= 0.3 is 6.09 Å². The van der Waals surface area contributed by atoms with Crippen LogP contribution >= 0.6 is 15.9 Å². The monoisotopic (exact) mass is 389 g/mol. The Hall–Kier alpha value is -2.41. The van der Waals surface area contributed by atoms with Gasteiger partial charge in [0.05, 0.1) is 18.8 Å². The molecule has 2 aromatic rings. The fourth-order valence-electron chi connectivity index (χ4n) is 2.70. The summed E-state index contributed by atoms with van der Waals surface area (Å²) in [6, 6.07) is 8.60. The number of aromatic nitrogens is 1. The lowest BCUT2D eigenvalue weighted by Crippen LogP contribution is -2.27. The highest BCUT2D eigenvalue weighted by molar-refractivity contribution is 9.10. The molecule has 0 fully saturated rings. The van der Waals surface area contributed by atoms with Crippen LogP contribution in [-0.2, 0) is 11.2 Å². The number of pyridine rings is 1. The second-order valence-electron chi connectivity index (χ2n) is 5.46. The van der Waals surface area contributed by atoms with E-state index in [1.807, 2.05) is 6.07 Å². The lowest BCUT2D eigenvalue weighted by atomic mass is 10.1. The molecule has 1 unspecified atom stereocenters. The van der Waals surface area contributed by atoms with Crippen molar-refractivity contribution in [3.8, 4) is 0 Å². The number of anilines is 1. The normalized spacial score (nSPS) is 15.5. The van der Waals surface area contributed by atoms with Crippen molar-refractivity contribution in [2.24, 2.45) is 0 Å². The van der Waals surface area contributed by atoms with E-state index in [2.05, 4.69) is 36.3 Å². The molecule has 2 amide bonds. The Morgan fingerprint density at radius 3 is 2.75 bits per heavy atom. The molecule has 6 nitrogen and oxygen atoms in total. The molecule has 1 atom stereocenters. The third-order valence-corrected chi connectivity index (χ3v) is 4.32. The summed E-state index contributed by atoms with van der Waals surface area (Å²) in [6.45, 7) is 0. The predicted molar refractivity (Wildman–Crippen MR) is 92.9 cm³/mol. The average Bonchev–Trinajstić information content (AvgIpc) is 2.97. The minimum Gasteiger partial charge on any atom is -0.453 e. The van der Waals surface area contributed by atoms with E-state index in [0.29, 0.717) is 11.3 Å². The van der Waals surface area contributed by atoms with Crippen LogP contribution in [0.2, 0.25) is 0 Å². The molecule has 0 bridgehead atoms. The van der Waals surface area contributed by atoms with Gasteiger partial charge < -0.3 is 10.1 Å². The van der Waals surface area contributed by atoms with Gasteiger partial charge in [-0.25, -0.2) is 4.79 Å². The maximum atomic E-state index is 12.4. The fraction of sp³-hybridized carbons (Fsp3) is 0.235. The van der Waals surface area contributed by atoms with Gasteiger partial charge in [0, 0.05) is 21.9 Å². The molecule has 0 radical (unpaired) electrons. The Balaban J connectivity index is 1.67. The Bertz CT molecular complexity index is 777. The molecule has 124 valence electrons. The van der Waals surface area contributed by atoms with Crippen molar-refractivity contribution in [2.75, 3.05) is 12.4 Å². The molecule has 1 aliphatic carbocycles. The van der Waals surface area contributed by atoms with E-state index in [1.165, 1.54) is 7.11 Å². The van der Waals surface area contributed by atoms with Crippen LogP contribution in [0, 0.1) is 0 Å². The number of benzene rings is 1. The van der Waals surface area contributed by atoms with Crippen LogP contribution in [-0.4, -0.2) is 24.1 Å². The topological polar surface area (TPSA) is 80.3 Å². The second kappa shape index (κ2) is 7.00. The third kappa shape index (κ3) is 3.56. The van der Waals surface area contributed by atoms with Crippen molar-refractivity contribution in [3.63, 3.8) is 0 Å². The molecule has 1 aliphatic rings. The number of nitrogens with one attached hydrogen (secondary N) is 2. The number of carbonyl (C=O) groups is 2. The maximum absolute atomic E-state index is 12.4. The Morgan fingerprint density at radius 2 is 2.04 bits per heavy atom. The standard InChI is InChI=1S/C17H16BrN3O3/c1-24-17(23)20-13-5-2-10(3-6-13)16(22)21-14-7-4-11-8-12(18)9-19-15(11)14/h2-3,5-6,8-9,14H,4,7H2,1H3,(H,20,23)(H,21,22). The molecular formula is C17H16BrN3O3. The van der Waals surface area contributed by atoms with E-state index in [-0.39, 0.29) is 11.9 Å². The number of hydrogen-bond donors (Lipinski definition) is 2. The zero-order valence-corrected chi connectivity index (χ0v) is 14.6. The van der Waals surface area contributed by atoms with Gasteiger partial charge in [-0.15, -0.1) is 0 Å². The summed E-state index contributed by atoms with van der Waals surface area (Å²) in [6.07, 6.45) is 2.93. The van der Waals surface area contributed by atoms with Crippen molar-refractivity contribution >= 4 is 33.6 Å². The van der Waals surface area contributed by atoms with Crippen molar-refractivity contribution in [1.29, 1.82) is 0 Å². The van der Waals surface area contributed by atoms with Crippen molar-refractivity contribution in [1.82, 2.24) is 10.3 Å². The molecule has 1 aromatic carbocycles. The van der Waals surface area contributed by atoms with Crippen LogP contribution in [0.4, 0.5) is 10.5 Å². The number of carbonyl (C=O) groups excluding carboxylic acids is 2. The molecule has 0 saturated carbocycles. The smallest absolute Gasteiger partial charge is 0.411 e. The van der Waals surface area contributed by atoms with E-state index >= 15 is 0 Å². The number of hydrogen-bond acceptors (Lipinski definition) is 4. The van der Waals surface area contributed by atoms with E-state index in [1.54, 1.807) is 30.5 Å². The zero-order chi connectivity index (χ0) is 17.1. The van der Waals surface area contributed by atoms with E-state index in [4.69, 9.17) is 0 Å². The van der Waals surface area contributed by atoms with Gasteiger partial charge in [-0.2, -0.15) is 0 Å². The number of rotatable bonds is 3. The molecule has 0 spiro atoms. The van der Waals surface area contributed by atoms with Crippen molar-refractivity contribution in [3.05, 3.63) is 57.8 Å². The van der Waals surface area contributed by atoms with Gasteiger partial charge in [0.2, 0.25) is 0 Å². The molecular weight excluding hydrogens is 374 g/mol. The summed E-state index contributed by atoms with van der Waals surface area (Å²) in [5, 5.41) is 5.56. The average molecular weight is 390 g/mol. The number of methoxy groups -OCH3 is 1. The summed E-state index contributed by atoms with van der Waals surface area (Å²) in [5.41, 5.74) is 3.18. The highest BCUT2D eigenvalue weighted by Crippen LogP contribution is 2.31. The first-order valence-electron chi connectivity index (χ1n) is 7.47. The van der Waals surface area contributed by atoms with Crippen LogP contribution in [0.25, 0.3) is 0 Å². The number of fused-ring (bicyclic) bond motifs is 1. The van der Waals surface area contributed by atoms with Gasteiger partial charge in [0.1, 0.15) is 0 Å². The van der Waals surface area contributed by atoms with Crippen LogP contribution in [0.3, 0.4) is 0 Å². The van der Waals surface area contributed by atoms with Crippen LogP contribution < -0.4 is 10.6 Å². The highest BCUT2D eigenvalue weighted by atomic mass is 79.9. The van der Waals surface area contributed by atoms with E-state index in [9.17, 15) is 9.59 Å². The predicted octanol–water partition coefficient (Wildman–Crippen LogP) is 3.44. The fourth-order valence-corrected chi connectivity index (χ4v) is 3.08. The maximum Gasteiger partial charge on any atom is 0.411 e. The molecule has 3 rings (SSSR count). The molecule has 0 aliphatic heterocycles. The third-order valence-electron chi connectivity index (χ3n) is 3.88. The van der Waals surface area contributed by atoms with Crippen LogP contribution in [0.5, 0.6) is 0 Å². The van der Waals surface area contributed by atoms with Gasteiger partial charge in [0.25, 0.3) is 5.91 Å². The van der Waals surface area contributed by atoms with Crippen LogP contribution in [0.15, 0.2) is 41.0 Å². The van der Waals surface area contributed by atoms with Gasteiger partial charge in [0.15, 0.2) is 0 Å². The minimum atomic E-state index is -0.549. The lowest BCUT2D eigenvalue weighted by Gasteiger charge is -2.13. The van der Waals surface area contributed by atoms with Gasteiger partial charge in [-0.3, -0.25) is 15.1 Å². The van der Waals surface area contributed by atoms with Crippen LogP contribution in [0.1, 0.15) is 34.1 Å². The Kier molecular flexibility index (Phi) is 4.80. The first kappa shape index (κ1) is 16.4. The van der Waals surface area contributed by atoms with Gasteiger partial charge in [-0.05, 0) is 64.7 Å². The summed E-state index contributed by atoms with van der Waals surface area (Å²) in [7, 11) is 1.29. The Labute approximate surface area is 147 Å². The molecule has 0 saturated heterocycles. The minimum absolute atomic E-state index is 0.0755.